The number of rotatable bonds is 1. The molecule has 0 unspecified atom stereocenters. The summed E-state index contributed by atoms with van der Waals surface area (Å²) in [7, 11) is 0.104. The van der Waals surface area contributed by atoms with Crippen molar-refractivity contribution in [3.8, 4) is 0 Å². The highest BCUT2D eigenvalue weighted by Crippen LogP contribution is 1.70. The molecule has 0 aliphatic carbocycles. The van der Waals surface area contributed by atoms with Crippen molar-refractivity contribution in [3.05, 3.63) is 18.3 Å². The highest BCUT2D eigenvalue weighted by molar-refractivity contribution is 6.44. The van der Waals surface area contributed by atoms with E-state index in [-0.39, 0.29) is 7.48 Å². The molecule has 0 spiro atoms. The Bertz CT molecular complexity index is 126. The Morgan fingerprint density at radius 3 is 2.86 bits per heavy atom. The van der Waals surface area contributed by atoms with E-state index in [9.17, 15) is 0 Å². The maximum absolute atomic E-state index is 8.40. The summed E-state index contributed by atoms with van der Waals surface area (Å²) in [4.78, 5) is 2.84. The Balaban J connectivity index is 2.76. The quantitative estimate of drug-likeness (QED) is 0.430. The zero-order valence-electron chi connectivity index (χ0n) is 3.89. The molecule has 0 aliphatic heterocycles. The normalized spacial score (nSPS) is 8.71. The largest absolute Gasteiger partial charge is 0.448 e. The molecule has 0 radical (unpaired) electrons. The molecule has 0 saturated heterocycles. The second kappa shape index (κ2) is 1.84. The fourth-order valence-corrected chi connectivity index (χ4v) is 0.466. The van der Waals surface area contributed by atoms with Gasteiger partial charge in [0.15, 0.2) is 0 Å². The lowest BCUT2D eigenvalue weighted by Crippen LogP contribution is -2.12. The summed E-state index contributed by atoms with van der Waals surface area (Å²) in [5.41, 5.74) is 0.861. The van der Waals surface area contributed by atoms with Gasteiger partial charge < -0.3 is 10.0 Å². The summed E-state index contributed by atoms with van der Waals surface area (Å²) >= 11 is 0. The van der Waals surface area contributed by atoms with Crippen LogP contribution in [0.5, 0.6) is 0 Å². The minimum absolute atomic E-state index is 0.104. The van der Waals surface area contributed by atoms with Crippen molar-refractivity contribution in [2.75, 3.05) is 0 Å². The summed E-state index contributed by atoms with van der Waals surface area (Å²) < 4.78 is 0. The van der Waals surface area contributed by atoms with Gasteiger partial charge in [0, 0.05) is 11.8 Å². The molecule has 0 amide bonds. The molecule has 1 heterocycles. The Morgan fingerprint density at radius 1 is 1.71 bits per heavy atom. The third-order valence-electron chi connectivity index (χ3n) is 0.833. The lowest BCUT2D eigenvalue weighted by Gasteiger charge is -1.78. The monoisotopic (exact) mass is 95.1 g/mol. The van der Waals surface area contributed by atoms with Crippen molar-refractivity contribution < 1.29 is 5.02 Å². The first-order valence-electron chi connectivity index (χ1n) is 2.16. The standard InChI is InChI=1S/C4H6BNO/c7-5-4-2-1-3-6-4/h1-3,5-7H. The van der Waals surface area contributed by atoms with Crippen LogP contribution in [0.15, 0.2) is 18.3 Å². The fraction of sp³-hybridized carbons (Fsp3) is 0. The van der Waals surface area contributed by atoms with Crippen LogP contribution in [0.2, 0.25) is 0 Å². The Morgan fingerprint density at radius 2 is 2.57 bits per heavy atom. The van der Waals surface area contributed by atoms with E-state index in [1.807, 2.05) is 12.1 Å². The molecule has 0 atom stereocenters. The fourth-order valence-electron chi connectivity index (χ4n) is 0.466. The van der Waals surface area contributed by atoms with Gasteiger partial charge in [-0.25, -0.2) is 0 Å². The Labute approximate surface area is 42.5 Å². The molecule has 1 aromatic rings. The molecule has 1 rings (SSSR count). The average Bonchev–Trinajstić information content (AvgIpc) is 2.14. The summed E-state index contributed by atoms with van der Waals surface area (Å²) in [6, 6.07) is 3.69. The second-order valence-electron chi connectivity index (χ2n) is 1.35. The van der Waals surface area contributed by atoms with Crippen LogP contribution >= 0.6 is 0 Å². The van der Waals surface area contributed by atoms with Crippen LogP contribution in [0.4, 0.5) is 0 Å². The van der Waals surface area contributed by atoms with E-state index >= 15 is 0 Å². The lowest BCUT2D eigenvalue weighted by molar-refractivity contribution is 0.614. The Kier molecular flexibility index (Phi) is 1.17. The van der Waals surface area contributed by atoms with Gasteiger partial charge in [0.25, 0.3) is 0 Å². The predicted molar refractivity (Wildman–Crippen MR) is 29.8 cm³/mol. The van der Waals surface area contributed by atoms with Crippen LogP contribution in [0, 0.1) is 0 Å². The number of hydrogen-bond donors (Lipinski definition) is 2. The third-order valence-corrected chi connectivity index (χ3v) is 0.833. The van der Waals surface area contributed by atoms with E-state index in [4.69, 9.17) is 5.02 Å². The van der Waals surface area contributed by atoms with Gasteiger partial charge in [-0.05, 0) is 12.1 Å². The number of H-pyrrole nitrogens is 1. The smallest absolute Gasteiger partial charge is 0.322 e. The lowest BCUT2D eigenvalue weighted by atomic mass is 9.97. The zero-order valence-corrected chi connectivity index (χ0v) is 3.89. The van der Waals surface area contributed by atoms with Crippen molar-refractivity contribution in [1.29, 1.82) is 0 Å². The molecule has 0 aromatic carbocycles. The molecule has 0 saturated carbocycles. The SMILES string of the molecule is OBc1ccc[nH]1. The zero-order chi connectivity index (χ0) is 5.11. The van der Waals surface area contributed by atoms with E-state index in [1.54, 1.807) is 6.20 Å². The predicted octanol–water partition coefficient (Wildman–Crippen LogP) is -1.02. The first-order valence-corrected chi connectivity index (χ1v) is 2.16. The molecular weight excluding hydrogens is 88.9 g/mol. The van der Waals surface area contributed by atoms with Crippen molar-refractivity contribution in [2.24, 2.45) is 0 Å². The first kappa shape index (κ1) is 4.46. The highest BCUT2D eigenvalue weighted by atomic mass is 16.2. The molecule has 0 fully saturated rings. The molecule has 0 bridgehead atoms. The van der Waals surface area contributed by atoms with Gasteiger partial charge in [0.05, 0.1) is 0 Å². The van der Waals surface area contributed by atoms with E-state index < -0.39 is 0 Å². The molecular formula is C4H6BNO. The van der Waals surface area contributed by atoms with Crippen LogP contribution in [-0.4, -0.2) is 17.5 Å². The molecule has 3 heteroatoms. The molecule has 2 nitrogen and oxygen atoms in total. The van der Waals surface area contributed by atoms with Crippen LogP contribution in [0.25, 0.3) is 0 Å². The van der Waals surface area contributed by atoms with Gasteiger partial charge in [-0.3, -0.25) is 0 Å². The maximum atomic E-state index is 8.40. The van der Waals surface area contributed by atoms with Crippen molar-refractivity contribution in [1.82, 2.24) is 4.98 Å². The van der Waals surface area contributed by atoms with Crippen molar-refractivity contribution in [2.45, 2.75) is 0 Å². The summed E-state index contributed by atoms with van der Waals surface area (Å²) in [6.07, 6.45) is 1.78. The van der Waals surface area contributed by atoms with E-state index in [1.165, 1.54) is 0 Å². The average molecular weight is 94.9 g/mol. The van der Waals surface area contributed by atoms with Gasteiger partial charge >= 0.3 is 7.48 Å². The topological polar surface area (TPSA) is 36.0 Å². The molecule has 1 aromatic heterocycles. The number of nitrogens with one attached hydrogen (secondary N) is 1. The molecule has 36 valence electrons. The summed E-state index contributed by atoms with van der Waals surface area (Å²) in [6.45, 7) is 0. The molecule has 2 N–H and O–H groups in total. The van der Waals surface area contributed by atoms with Crippen LogP contribution < -0.4 is 5.59 Å². The first-order chi connectivity index (χ1) is 3.43. The minimum atomic E-state index is 0.104. The van der Waals surface area contributed by atoms with Crippen molar-refractivity contribution >= 4 is 13.1 Å². The third kappa shape index (κ3) is 0.840. The highest BCUT2D eigenvalue weighted by Gasteiger charge is 1.86. The number of aromatic amines is 1. The minimum Gasteiger partial charge on any atom is -0.448 e. The van der Waals surface area contributed by atoms with Crippen LogP contribution in [-0.2, 0) is 0 Å². The number of hydrogen-bond acceptors (Lipinski definition) is 1. The van der Waals surface area contributed by atoms with Crippen LogP contribution in [0.1, 0.15) is 0 Å². The molecule has 7 heavy (non-hydrogen) atoms. The van der Waals surface area contributed by atoms with Gasteiger partial charge in [-0.2, -0.15) is 0 Å². The van der Waals surface area contributed by atoms with Gasteiger partial charge in [-0.1, -0.05) is 0 Å². The van der Waals surface area contributed by atoms with E-state index in [0.29, 0.717) is 0 Å². The van der Waals surface area contributed by atoms with E-state index in [0.717, 1.165) is 5.59 Å². The molecule has 0 aliphatic rings. The summed E-state index contributed by atoms with van der Waals surface area (Å²) in [5.74, 6) is 0. The van der Waals surface area contributed by atoms with Crippen molar-refractivity contribution in [3.63, 3.8) is 0 Å². The van der Waals surface area contributed by atoms with Crippen LogP contribution in [0.3, 0.4) is 0 Å². The second-order valence-corrected chi connectivity index (χ2v) is 1.35. The summed E-state index contributed by atoms with van der Waals surface area (Å²) in [5, 5.41) is 8.40. The van der Waals surface area contributed by atoms with E-state index in [2.05, 4.69) is 4.98 Å². The Hall–Kier alpha value is -0.695. The van der Waals surface area contributed by atoms with Gasteiger partial charge in [0.1, 0.15) is 0 Å². The maximum Gasteiger partial charge on any atom is 0.322 e. The van der Waals surface area contributed by atoms with Gasteiger partial charge in [0.2, 0.25) is 0 Å². The number of aromatic nitrogens is 1. The van der Waals surface area contributed by atoms with Gasteiger partial charge in [-0.15, -0.1) is 0 Å².